The first kappa shape index (κ1) is 24.1. The summed E-state index contributed by atoms with van der Waals surface area (Å²) >= 11 is 0. The standard InChI is InChI=1S/C17H29N3O3S.HI/c1-5-18-17(20-14(2)10-11-24(4,21)22)19-12-15-8-6-7-9-16(15)13-23-3;/h6-9,14H,5,10-13H2,1-4H3,(H2,18,19,20);1H. The Balaban J connectivity index is 0.00000576. The number of rotatable bonds is 9. The van der Waals surface area contributed by atoms with E-state index < -0.39 is 9.84 Å². The number of nitrogens with one attached hydrogen (secondary N) is 2. The quantitative estimate of drug-likeness (QED) is 0.320. The van der Waals surface area contributed by atoms with Crippen molar-refractivity contribution in [2.75, 3.05) is 25.7 Å². The molecule has 1 aromatic rings. The molecule has 0 saturated heterocycles. The van der Waals surface area contributed by atoms with Crippen LogP contribution < -0.4 is 10.6 Å². The predicted molar refractivity (Wildman–Crippen MR) is 114 cm³/mol. The molecule has 0 amide bonds. The molecule has 1 aromatic carbocycles. The summed E-state index contributed by atoms with van der Waals surface area (Å²) in [6.07, 6.45) is 1.80. The van der Waals surface area contributed by atoms with Crippen LogP contribution in [0.3, 0.4) is 0 Å². The van der Waals surface area contributed by atoms with Crippen molar-refractivity contribution >= 4 is 39.8 Å². The van der Waals surface area contributed by atoms with E-state index in [1.165, 1.54) is 6.26 Å². The maximum atomic E-state index is 11.3. The number of ether oxygens (including phenoxy) is 1. The van der Waals surface area contributed by atoms with E-state index >= 15 is 0 Å². The summed E-state index contributed by atoms with van der Waals surface area (Å²) in [5.74, 6) is 0.850. The number of methoxy groups -OCH3 is 1. The molecule has 1 rings (SSSR count). The SMILES string of the molecule is CCNC(=NCc1ccccc1COC)NC(C)CCS(C)(=O)=O.I. The highest BCUT2D eigenvalue weighted by atomic mass is 127. The predicted octanol–water partition coefficient (Wildman–Crippen LogP) is 2.33. The molecule has 0 heterocycles. The Morgan fingerprint density at radius 1 is 1.28 bits per heavy atom. The van der Waals surface area contributed by atoms with Crippen molar-refractivity contribution in [3.63, 3.8) is 0 Å². The van der Waals surface area contributed by atoms with Crippen molar-refractivity contribution < 1.29 is 13.2 Å². The van der Waals surface area contributed by atoms with E-state index in [-0.39, 0.29) is 35.8 Å². The van der Waals surface area contributed by atoms with Gasteiger partial charge in [0.1, 0.15) is 9.84 Å². The fourth-order valence-corrected chi connectivity index (χ4v) is 2.97. The van der Waals surface area contributed by atoms with Crippen molar-refractivity contribution in [1.82, 2.24) is 10.6 Å². The zero-order valence-electron chi connectivity index (χ0n) is 15.4. The topological polar surface area (TPSA) is 79.8 Å². The molecule has 0 aliphatic carbocycles. The van der Waals surface area contributed by atoms with Gasteiger partial charge < -0.3 is 15.4 Å². The van der Waals surface area contributed by atoms with Crippen molar-refractivity contribution in [3.8, 4) is 0 Å². The fourth-order valence-electron chi connectivity index (χ4n) is 2.19. The molecule has 0 spiro atoms. The molecule has 6 nitrogen and oxygen atoms in total. The minimum atomic E-state index is -2.95. The lowest BCUT2D eigenvalue weighted by molar-refractivity contribution is 0.184. The van der Waals surface area contributed by atoms with Crippen molar-refractivity contribution in [2.24, 2.45) is 4.99 Å². The van der Waals surface area contributed by atoms with Gasteiger partial charge in [0.25, 0.3) is 0 Å². The molecule has 1 atom stereocenters. The van der Waals surface area contributed by atoms with E-state index in [0.717, 1.165) is 17.7 Å². The van der Waals surface area contributed by atoms with Gasteiger partial charge in [-0.05, 0) is 31.4 Å². The molecule has 25 heavy (non-hydrogen) atoms. The van der Waals surface area contributed by atoms with Crippen LogP contribution in [0.15, 0.2) is 29.3 Å². The smallest absolute Gasteiger partial charge is 0.191 e. The molecule has 0 aliphatic heterocycles. The Bertz CT molecular complexity index is 636. The Morgan fingerprint density at radius 3 is 2.48 bits per heavy atom. The van der Waals surface area contributed by atoms with E-state index in [4.69, 9.17) is 4.74 Å². The third-order valence-electron chi connectivity index (χ3n) is 3.47. The normalized spacial score (nSPS) is 13.0. The second-order valence-corrected chi connectivity index (χ2v) is 8.12. The van der Waals surface area contributed by atoms with E-state index in [2.05, 4.69) is 15.6 Å². The van der Waals surface area contributed by atoms with Crippen LogP contribution >= 0.6 is 24.0 Å². The first-order chi connectivity index (χ1) is 11.4. The van der Waals surface area contributed by atoms with Gasteiger partial charge in [-0.15, -0.1) is 24.0 Å². The number of hydrogen-bond acceptors (Lipinski definition) is 4. The third kappa shape index (κ3) is 10.7. The highest BCUT2D eigenvalue weighted by Gasteiger charge is 2.09. The average molecular weight is 483 g/mol. The molecule has 8 heteroatoms. The highest BCUT2D eigenvalue weighted by Crippen LogP contribution is 2.11. The van der Waals surface area contributed by atoms with Crippen LogP contribution in [0.1, 0.15) is 31.4 Å². The summed E-state index contributed by atoms with van der Waals surface area (Å²) in [6.45, 7) is 5.78. The molecule has 0 saturated carbocycles. The van der Waals surface area contributed by atoms with Gasteiger partial charge in [-0.1, -0.05) is 24.3 Å². The summed E-state index contributed by atoms with van der Waals surface area (Å²) in [7, 11) is -1.27. The molecular formula is C17H30IN3O3S. The molecule has 1 unspecified atom stereocenters. The number of aliphatic imine (C=N–C) groups is 1. The lowest BCUT2D eigenvalue weighted by Gasteiger charge is -2.17. The van der Waals surface area contributed by atoms with Gasteiger partial charge in [0.2, 0.25) is 0 Å². The second-order valence-electron chi connectivity index (χ2n) is 5.86. The van der Waals surface area contributed by atoms with Gasteiger partial charge in [-0.3, -0.25) is 0 Å². The summed E-state index contributed by atoms with van der Waals surface area (Å²) in [5, 5.41) is 6.45. The van der Waals surface area contributed by atoms with Gasteiger partial charge in [0.15, 0.2) is 5.96 Å². The second kappa shape index (κ2) is 12.5. The van der Waals surface area contributed by atoms with E-state index in [1.807, 2.05) is 38.1 Å². The van der Waals surface area contributed by atoms with E-state index in [0.29, 0.717) is 25.5 Å². The molecule has 0 aromatic heterocycles. The van der Waals surface area contributed by atoms with Gasteiger partial charge in [-0.2, -0.15) is 0 Å². The molecule has 0 fully saturated rings. The van der Waals surface area contributed by atoms with E-state index in [9.17, 15) is 8.42 Å². The Morgan fingerprint density at radius 2 is 1.92 bits per heavy atom. The molecule has 0 bridgehead atoms. The van der Waals surface area contributed by atoms with Crippen LogP contribution in [0, 0.1) is 0 Å². The average Bonchev–Trinajstić information content (AvgIpc) is 2.52. The highest BCUT2D eigenvalue weighted by molar-refractivity contribution is 14.0. The molecule has 144 valence electrons. The van der Waals surface area contributed by atoms with Crippen LogP contribution in [-0.4, -0.2) is 46.1 Å². The summed E-state index contributed by atoms with van der Waals surface area (Å²) < 4.78 is 27.8. The first-order valence-electron chi connectivity index (χ1n) is 8.14. The summed E-state index contributed by atoms with van der Waals surface area (Å²) in [6, 6.07) is 8.06. The summed E-state index contributed by atoms with van der Waals surface area (Å²) in [5.41, 5.74) is 2.23. The van der Waals surface area contributed by atoms with Gasteiger partial charge >= 0.3 is 0 Å². The van der Waals surface area contributed by atoms with E-state index in [1.54, 1.807) is 7.11 Å². The number of nitrogens with zero attached hydrogens (tertiary/aromatic N) is 1. The first-order valence-corrected chi connectivity index (χ1v) is 10.2. The number of guanidine groups is 1. The van der Waals surface area contributed by atoms with Gasteiger partial charge in [0.05, 0.1) is 18.9 Å². The van der Waals surface area contributed by atoms with Crippen LogP contribution in [0.5, 0.6) is 0 Å². The van der Waals surface area contributed by atoms with Crippen molar-refractivity contribution in [2.45, 2.75) is 39.5 Å². The Hall–Kier alpha value is -0.870. The maximum Gasteiger partial charge on any atom is 0.191 e. The van der Waals surface area contributed by atoms with Crippen LogP contribution in [0.25, 0.3) is 0 Å². The zero-order chi connectivity index (χ0) is 18.0. The number of benzene rings is 1. The monoisotopic (exact) mass is 483 g/mol. The van der Waals surface area contributed by atoms with Crippen LogP contribution in [0.2, 0.25) is 0 Å². The number of hydrogen-bond donors (Lipinski definition) is 2. The molecule has 2 N–H and O–H groups in total. The zero-order valence-corrected chi connectivity index (χ0v) is 18.6. The minimum absolute atomic E-state index is 0. The molecule has 0 aliphatic rings. The fraction of sp³-hybridized carbons (Fsp3) is 0.588. The van der Waals surface area contributed by atoms with Crippen molar-refractivity contribution in [1.29, 1.82) is 0 Å². The Labute approximate surface area is 168 Å². The van der Waals surface area contributed by atoms with Gasteiger partial charge in [-0.25, -0.2) is 13.4 Å². The number of sulfone groups is 1. The summed E-state index contributed by atoms with van der Waals surface area (Å²) in [4.78, 5) is 4.60. The van der Waals surface area contributed by atoms with Crippen LogP contribution in [-0.2, 0) is 27.7 Å². The van der Waals surface area contributed by atoms with Crippen molar-refractivity contribution in [3.05, 3.63) is 35.4 Å². The third-order valence-corrected chi connectivity index (χ3v) is 4.45. The lowest BCUT2D eigenvalue weighted by Crippen LogP contribution is -2.42. The number of halogens is 1. The lowest BCUT2D eigenvalue weighted by atomic mass is 10.1. The Kier molecular flexibility index (Phi) is 12.0. The molecular weight excluding hydrogens is 453 g/mol. The van der Waals surface area contributed by atoms with Gasteiger partial charge in [0, 0.05) is 26.0 Å². The molecule has 0 radical (unpaired) electrons. The largest absolute Gasteiger partial charge is 0.380 e. The minimum Gasteiger partial charge on any atom is -0.380 e. The van der Waals surface area contributed by atoms with Crippen LogP contribution in [0.4, 0.5) is 0 Å². The maximum absolute atomic E-state index is 11.3.